The first-order chi connectivity index (χ1) is 31.7. The lowest BCUT2D eigenvalue weighted by Gasteiger charge is -2.26. The lowest BCUT2D eigenvalue weighted by atomic mass is 10.0. The van der Waals surface area contributed by atoms with Crippen LogP contribution in [0.3, 0.4) is 0 Å². The van der Waals surface area contributed by atoms with Gasteiger partial charge in [0.1, 0.15) is 22.3 Å². The van der Waals surface area contributed by atoms with Gasteiger partial charge in [-0.1, -0.05) is 146 Å². The van der Waals surface area contributed by atoms with Crippen LogP contribution >= 0.6 is 0 Å². The van der Waals surface area contributed by atoms with Crippen molar-refractivity contribution in [3.8, 4) is 33.4 Å². The molecule has 0 radical (unpaired) electrons. The standard InChI is InChI=1S/C60H40N2O2/c1-3-11-41(12-4-1)43-19-27-47(28-20-43)61(51-35-37-59-55(39-51)53-15-7-9-17-57(53)63-59)49-31-23-45(24-32-49)46-25-33-50(34-26-46)62(48-29-21-44(22-30-48)42-13-5-2-6-14-42)52-36-38-60-56(40-52)54-16-8-10-18-58(54)64-60/h1-40H. The first kappa shape index (κ1) is 37.2. The van der Waals surface area contributed by atoms with Gasteiger partial charge in [0, 0.05) is 55.7 Å². The van der Waals surface area contributed by atoms with Crippen LogP contribution < -0.4 is 9.80 Å². The van der Waals surface area contributed by atoms with E-state index in [9.17, 15) is 0 Å². The molecule has 0 aliphatic carbocycles. The van der Waals surface area contributed by atoms with Crippen molar-refractivity contribution in [2.24, 2.45) is 0 Å². The van der Waals surface area contributed by atoms with Gasteiger partial charge >= 0.3 is 0 Å². The monoisotopic (exact) mass is 820 g/mol. The molecule has 0 aliphatic heterocycles. The summed E-state index contributed by atoms with van der Waals surface area (Å²) >= 11 is 0. The van der Waals surface area contributed by atoms with Crippen LogP contribution in [0.4, 0.5) is 34.1 Å². The SMILES string of the molecule is c1ccc(-c2ccc(N(c3ccc(-c4ccc(N(c5ccc(-c6ccccc6)cc5)c5ccc6oc7ccccc7c6c5)cc4)cc3)c3ccc4oc5ccccc5c4c3)cc2)cc1. The smallest absolute Gasteiger partial charge is 0.135 e. The number of para-hydroxylation sites is 2. The van der Waals surface area contributed by atoms with Gasteiger partial charge in [0.25, 0.3) is 0 Å². The summed E-state index contributed by atoms with van der Waals surface area (Å²) in [4.78, 5) is 4.65. The highest BCUT2D eigenvalue weighted by molar-refractivity contribution is 6.07. The largest absolute Gasteiger partial charge is 0.456 e. The van der Waals surface area contributed by atoms with Gasteiger partial charge in [-0.05, 0) is 130 Å². The highest BCUT2D eigenvalue weighted by atomic mass is 16.3. The summed E-state index contributed by atoms with van der Waals surface area (Å²) in [6.07, 6.45) is 0. The van der Waals surface area contributed by atoms with E-state index in [4.69, 9.17) is 8.83 Å². The molecule has 0 atom stereocenters. The molecule has 0 saturated carbocycles. The zero-order valence-corrected chi connectivity index (χ0v) is 34.8. The maximum absolute atomic E-state index is 6.23. The highest BCUT2D eigenvalue weighted by Crippen LogP contribution is 2.42. The van der Waals surface area contributed by atoms with Crippen molar-refractivity contribution in [2.75, 3.05) is 9.80 Å². The normalized spacial score (nSPS) is 11.4. The molecule has 0 unspecified atom stereocenters. The minimum Gasteiger partial charge on any atom is -0.456 e. The Kier molecular flexibility index (Phi) is 9.12. The molecule has 12 rings (SSSR count). The molecule has 0 aliphatic rings. The van der Waals surface area contributed by atoms with E-state index >= 15 is 0 Å². The molecule has 0 bridgehead atoms. The van der Waals surface area contributed by atoms with Crippen LogP contribution in [0.25, 0.3) is 77.3 Å². The maximum atomic E-state index is 6.23. The predicted molar refractivity (Wildman–Crippen MR) is 267 cm³/mol. The number of benzene rings is 10. The lowest BCUT2D eigenvalue weighted by molar-refractivity contribution is 0.668. The van der Waals surface area contributed by atoms with Gasteiger partial charge in [-0.2, -0.15) is 0 Å². The van der Waals surface area contributed by atoms with Crippen LogP contribution in [0.1, 0.15) is 0 Å². The number of hydrogen-bond donors (Lipinski definition) is 0. The molecule has 0 fully saturated rings. The molecule has 2 heterocycles. The average Bonchev–Trinajstić information content (AvgIpc) is 3.94. The second kappa shape index (κ2) is 15.7. The Bertz CT molecular complexity index is 3330. The van der Waals surface area contributed by atoms with Gasteiger partial charge < -0.3 is 18.6 Å². The molecule has 4 nitrogen and oxygen atoms in total. The van der Waals surface area contributed by atoms with Gasteiger partial charge in [0.05, 0.1) is 0 Å². The number of furan rings is 2. The first-order valence-corrected chi connectivity index (χ1v) is 21.6. The molecular weight excluding hydrogens is 781 g/mol. The van der Waals surface area contributed by atoms with Crippen molar-refractivity contribution in [2.45, 2.75) is 0 Å². The summed E-state index contributed by atoms with van der Waals surface area (Å²) in [6, 6.07) is 85.9. The van der Waals surface area contributed by atoms with Crippen molar-refractivity contribution >= 4 is 78.0 Å². The Balaban J connectivity index is 0.902. The van der Waals surface area contributed by atoms with E-state index in [0.717, 1.165) is 89.1 Å². The van der Waals surface area contributed by atoms with Crippen LogP contribution in [-0.4, -0.2) is 0 Å². The maximum Gasteiger partial charge on any atom is 0.135 e. The number of rotatable bonds is 9. The fourth-order valence-electron chi connectivity index (χ4n) is 9.07. The number of hydrogen-bond acceptors (Lipinski definition) is 4. The molecule has 0 N–H and O–H groups in total. The molecule has 0 amide bonds. The van der Waals surface area contributed by atoms with Gasteiger partial charge in [0.2, 0.25) is 0 Å². The molecule has 64 heavy (non-hydrogen) atoms. The second-order valence-electron chi connectivity index (χ2n) is 16.1. The first-order valence-electron chi connectivity index (χ1n) is 21.6. The Morgan fingerprint density at radius 3 is 0.812 bits per heavy atom. The Morgan fingerprint density at radius 2 is 0.469 bits per heavy atom. The van der Waals surface area contributed by atoms with Crippen LogP contribution in [0.15, 0.2) is 251 Å². The summed E-state index contributed by atoms with van der Waals surface area (Å²) in [5.41, 5.74) is 16.9. The third-order valence-electron chi connectivity index (χ3n) is 12.3. The molecule has 10 aromatic carbocycles. The van der Waals surface area contributed by atoms with Crippen molar-refractivity contribution < 1.29 is 8.83 Å². The molecule has 4 heteroatoms. The summed E-state index contributed by atoms with van der Waals surface area (Å²) in [5.74, 6) is 0. The third-order valence-corrected chi connectivity index (χ3v) is 12.3. The lowest BCUT2D eigenvalue weighted by Crippen LogP contribution is -2.10. The second-order valence-corrected chi connectivity index (χ2v) is 16.1. The number of fused-ring (bicyclic) bond motifs is 6. The Labute approximate surface area is 371 Å². The topological polar surface area (TPSA) is 32.8 Å². The van der Waals surface area contributed by atoms with E-state index in [-0.39, 0.29) is 0 Å². The van der Waals surface area contributed by atoms with Crippen LogP contribution in [0, 0.1) is 0 Å². The van der Waals surface area contributed by atoms with Crippen molar-refractivity contribution in [1.29, 1.82) is 0 Å². The summed E-state index contributed by atoms with van der Waals surface area (Å²) in [6.45, 7) is 0. The minimum absolute atomic E-state index is 0.876. The van der Waals surface area contributed by atoms with Crippen LogP contribution in [0.2, 0.25) is 0 Å². The molecular formula is C60H40N2O2. The molecule has 302 valence electrons. The number of anilines is 6. The average molecular weight is 821 g/mol. The highest BCUT2D eigenvalue weighted by Gasteiger charge is 2.18. The Morgan fingerprint density at radius 1 is 0.203 bits per heavy atom. The Hall–Kier alpha value is -8.60. The van der Waals surface area contributed by atoms with Gasteiger partial charge in [0.15, 0.2) is 0 Å². The van der Waals surface area contributed by atoms with Gasteiger partial charge in [-0.25, -0.2) is 0 Å². The van der Waals surface area contributed by atoms with E-state index < -0.39 is 0 Å². The van der Waals surface area contributed by atoms with E-state index in [1.807, 2.05) is 24.3 Å². The molecule has 12 aromatic rings. The van der Waals surface area contributed by atoms with Crippen LogP contribution in [0.5, 0.6) is 0 Å². The zero-order chi connectivity index (χ0) is 42.4. The van der Waals surface area contributed by atoms with E-state index in [0.29, 0.717) is 0 Å². The molecule has 0 saturated heterocycles. The van der Waals surface area contributed by atoms with Crippen molar-refractivity contribution in [3.05, 3.63) is 243 Å². The fourth-order valence-corrected chi connectivity index (χ4v) is 9.07. The zero-order valence-electron chi connectivity index (χ0n) is 34.8. The van der Waals surface area contributed by atoms with Crippen LogP contribution in [-0.2, 0) is 0 Å². The fraction of sp³-hybridized carbons (Fsp3) is 0. The molecule has 2 aromatic heterocycles. The summed E-state index contributed by atoms with van der Waals surface area (Å²) < 4.78 is 12.5. The van der Waals surface area contributed by atoms with E-state index in [1.165, 1.54) is 22.3 Å². The minimum atomic E-state index is 0.876. The van der Waals surface area contributed by atoms with Gasteiger partial charge in [-0.15, -0.1) is 0 Å². The van der Waals surface area contributed by atoms with E-state index in [2.05, 4.69) is 228 Å². The number of nitrogens with zero attached hydrogens (tertiary/aromatic N) is 2. The summed E-state index contributed by atoms with van der Waals surface area (Å²) in [7, 11) is 0. The molecule has 0 spiro atoms. The summed E-state index contributed by atoms with van der Waals surface area (Å²) in [5, 5.41) is 4.40. The van der Waals surface area contributed by atoms with E-state index in [1.54, 1.807) is 0 Å². The van der Waals surface area contributed by atoms with Crippen molar-refractivity contribution in [1.82, 2.24) is 0 Å². The third kappa shape index (κ3) is 6.75. The quantitative estimate of drug-likeness (QED) is 0.145. The van der Waals surface area contributed by atoms with Gasteiger partial charge in [-0.3, -0.25) is 0 Å². The van der Waals surface area contributed by atoms with Crippen molar-refractivity contribution in [3.63, 3.8) is 0 Å². The predicted octanol–water partition coefficient (Wildman–Crippen LogP) is 17.4.